The Kier molecular flexibility index (Phi) is 5.12. The van der Waals surface area contributed by atoms with Crippen LogP contribution in [0, 0.1) is 6.92 Å². The average molecular weight is 236 g/mol. The quantitative estimate of drug-likeness (QED) is 0.827. The zero-order valence-electron chi connectivity index (χ0n) is 10.6. The van der Waals surface area contributed by atoms with Crippen molar-refractivity contribution in [3.8, 4) is 0 Å². The van der Waals surface area contributed by atoms with Crippen molar-refractivity contribution in [3.05, 3.63) is 35.4 Å². The molecule has 0 aliphatic rings. The minimum absolute atomic E-state index is 0.103. The van der Waals surface area contributed by atoms with Crippen molar-refractivity contribution < 1.29 is 9.53 Å². The molecule has 0 aromatic heterocycles. The molecule has 0 bridgehead atoms. The SMILES string of the molecule is COCC(N)C(=O)N(C)Cc1cccc(C)c1. The summed E-state index contributed by atoms with van der Waals surface area (Å²) in [4.78, 5) is 13.5. The van der Waals surface area contributed by atoms with Crippen molar-refractivity contribution in [3.63, 3.8) is 0 Å². The van der Waals surface area contributed by atoms with E-state index in [1.54, 1.807) is 11.9 Å². The van der Waals surface area contributed by atoms with Gasteiger partial charge in [0.1, 0.15) is 6.04 Å². The molecular weight excluding hydrogens is 216 g/mol. The lowest BCUT2D eigenvalue weighted by Gasteiger charge is -2.21. The zero-order chi connectivity index (χ0) is 12.8. The van der Waals surface area contributed by atoms with Gasteiger partial charge in [-0.05, 0) is 12.5 Å². The molecule has 0 saturated carbocycles. The Balaban J connectivity index is 2.59. The first-order valence-electron chi connectivity index (χ1n) is 5.59. The summed E-state index contributed by atoms with van der Waals surface area (Å²) < 4.78 is 4.87. The molecule has 4 nitrogen and oxygen atoms in total. The van der Waals surface area contributed by atoms with Gasteiger partial charge in [0.25, 0.3) is 0 Å². The third-order valence-corrected chi connectivity index (χ3v) is 2.54. The maximum atomic E-state index is 11.8. The number of hydrogen-bond acceptors (Lipinski definition) is 3. The third kappa shape index (κ3) is 4.17. The molecule has 1 aromatic carbocycles. The van der Waals surface area contributed by atoms with Gasteiger partial charge in [-0.3, -0.25) is 4.79 Å². The second-order valence-electron chi connectivity index (χ2n) is 4.25. The van der Waals surface area contributed by atoms with Crippen molar-refractivity contribution in [1.82, 2.24) is 4.90 Å². The van der Waals surface area contributed by atoms with Crippen molar-refractivity contribution in [2.45, 2.75) is 19.5 Å². The molecule has 1 amide bonds. The summed E-state index contributed by atoms with van der Waals surface area (Å²) in [6.07, 6.45) is 0. The maximum Gasteiger partial charge on any atom is 0.241 e. The van der Waals surface area contributed by atoms with Gasteiger partial charge in [0, 0.05) is 20.7 Å². The highest BCUT2D eigenvalue weighted by Crippen LogP contribution is 2.07. The Hall–Kier alpha value is -1.39. The molecule has 0 saturated heterocycles. The lowest BCUT2D eigenvalue weighted by atomic mass is 10.1. The molecule has 1 atom stereocenters. The number of aryl methyl sites for hydroxylation is 1. The van der Waals surface area contributed by atoms with Gasteiger partial charge in [0.05, 0.1) is 6.61 Å². The number of methoxy groups -OCH3 is 1. The molecule has 0 radical (unpaired) electrons. The Bertz CT molecular complexity index is 379. The van der Waals surface area contributed by atoms with Crippen LogP contribution in [-0.4, -0.2) is 37.6 Å². The predicted molar refractivity (Wildman–Crippen MR) is 67.5 cm³/mol. The maximum absolute atomic E-state index is 11.8. The highest BCUT2D eigenvalue weighted by Gasteiger charge is 2.17. The van der Waals surface area contributed by atoms with Crippen molar-refractivity contribution in [2.75, 3.05) is 20.8 Å². The molecule has 1 unspecified atom stereocenters. The number of nitrogens with zero attached hydrogens (tertiary/aromatic N) is 1. The summed E-state index contributed by atoms with van der Waals surface area (Å²) >= 11 is 0. The molecule has 17 heavy (non-hydrogen) atoms. The van der Waals surface area contributed by atoms with Crippen LogP contribution in [0.4, 0.5) is 0 Å². The first kappa shape index (κ1) is 13.7. The number of amides is 1. The van der Waals surface area contributed by atoms with E-state index in [2.05, 4.69) is 6.07 Å². The van der Waals surface area contributed by atoms with E-state index in [4.69, 9.17) is 10.5 Å². The van der Waals surface area contributed by atoms with E-state index in [1.807, 2.05) is 25.1 Å². The first-order valence-corrected chi connectivity index (χ1v) is 5.59. The normalized spacial score (nSPS) is 12.2. The van der Waals surface area contributed by atoms with E-state index >= 15 is 0 Å². The zero-order valence-corrected chi connectivity index (χ0v) is 10.6. The second kappa shape index (κ2) is 6.37. The molecule has 1 rings (SSSR count). The van der Waals surface area contributed by atoms with Crippen molar-refractivity contribution in [2.24, 2.45) is 5.73 Å². The van der Waals surface area contributed by atoms with Gasteiger partial charge in [0.15, 0.2) is 0 Å². The van der Waals surface area contributed by atoms with E-state index in [9.17, 15) is 4.79 Å². The standard InChI is InChI=1S/C13H20N2O2/c1-10-5-4-6-11(7-10)8-15(2)13(16)12(14)9-17-3/h4-7,12H,8-9,14H2,1-3H3. The minimum Gasteiger partial charge on any atom is -0.383 e. The number of ether oxygens (including phenoxy) is 1. The van der Waals surface area contributed by atoms with Gasteiger partial charge >= 0.3 is 0 Å². The lowest BCUT2D eigenvalue weighted by Crippen LogP contribution is -2.44. The highest BCUT2D eigenvalue weighted by atomic mass is 16.5. The number of likely N-dealkylation sites (N-methyl/N-ethyl adjacent to an activating group) is 1. The molecule has 94 valence electrons. The summed E-state index contributed by atoms with van der Waals surface area (Å²) in [6, 6.07) is 7.49. The van der Waals surface area contributed by atoms with E-state index in [-0.39, 0.29) is 12.5 Å². The molecule has 0 fully saturated rings. The van der Waals surface area contributed by atoms with Gasteiger partial charge in [-0.25, -0.2) is 0 Å². The molecule has 1 aromatic rings. The molecule has 0 spiro atoms. The molecule has 4 heteroatoms. The number of hydrogen-bond donors (Lipinski definition) is 1. The summed E-state index contributed by atoms with van der Waals surface area (Å²) in [7, 11) is 3.29. The fourth-order valence-electron chi connectivity index (χ4n) is 1.70. The van der Waals surface area contributed by atoms with E-state index in [0.717, 1.165) is 5.56 Å². The molecule has 0 aliphatic heterocycles. The minimum atomic E-state index is -0.588. The summed E-state index contributed by atoms with van der Waals surface area (Å²) in [6.45, 7) is 2.84. The van der Waals surface area contributed by atoms with Crippen LogP contribution in [0.15, 0.2) is 24.3 Å². The van der Waals surface area contributed by atoms with Gasteiger partial charge in [-0.1, -0.05) is 29.8 Å². The van der Waals surface area contributed by atoms with Crippen LogP contribution in [0.1, 0.15) is 11.1 Å². The number of rotatable bonds is 5. The fraction of sp³-hybridized carbons (Fsp3) is 0.462. The number of nitrogens with two attached hydrogens (primary N) is 1. The van der Waals surface area contributed by atoms with Crippen LogP contribution in [0.25, 0.3) is 0 Å². The van der Waals surface area contributed by atoms with Gasteiger partial charge in [-0.2, -0.15) is 0 Å². The topological polar surface area (TPSA) is 55.6 Å². The first-order chi connectivity index (χ1) is 8.04. The van der Waals surface area contributed by atoms with Crippen LogP contribution in [0.3, 0.4) is 0 Å². The highest BCUT2D eigenvalue weighted by molar-refractivity contribution is 5.81. The number of benzene rings is 1. The Morgan fingerprint density at radius 2 is 2.24 bits per heavy atom. The summed E-state index contributed by atoms with van der Waals surface area (Å²) in [5.41, 5.74) is 7.98. The van der Waals surface area contributed by atoms with E-state index in [0.29, 0.717) is 6.54 Å². The Labute approximate surface area is 102 Å². The van der Waals surface area contributed by atoms with Crippen LogP contribution < -0.4 is 5.73 Å². The Morgan fingerprint density at radius 1 is 1.53 bits per heavy atom. The van der Waals surface area contributed by atoms with Gasteiger partial charge in [0.2, 0.25) is 5.91 Å². The Morgan fingerprint density at radius 3 is 2.82 bits per heavy atom. The van der Waals surface area contributed by atoms with Crippen LogP contribution >= 0.6 is 0 Å². The van der Waals surface area contributed by atoms with Crippen molar-refractivity contribution in [1.29, 1.82) is 0 Å². The molecule has 2 N–H and O–H groups in total. The van der Waals surface area contributed by atoms with Crippen LogP contribution in [-0.2, 0) is 16.1 Å². The number of carbonyl (C=O) groups is 1. The summed E-state index contributed by atoms with van der Waals surface area (Å²) in [5.74, 6) is -0.103. The van der Waals surface area contributed by atoms with Gasteiger partial charge in [-0.15, -0.1) is 0 Å². The number of carbonyl (C=O) groups excluding carboxylic acids is 1. The van der Waals surface area contributed by atoms with Crippen LogP contribution in [0.2, 0.25) is 0 Å². The summed E-state index contributed by atoms with van der Waals surface area (Å²) in [5, 5.41) is 0. The second-order valence-corrected chi connectivity index (χ2v) is 4.25. The van der Waals surface area contributed by atoms with Crippen molar-refractivity contribution >= 4 is 5.91 Å². The molecular formula is C13H20N2O2. The smallest absolute Gasteiger partial charge is 0.241 e. The lowest BCUT2D eigenvalue weighted by molar-refractivity contribution is -0.132. The largest absolute Gasteiger partial charge is 0.383 e. The molecule has 0 aliphatic carbocycles. The fourth-order valence-corrected chi connectivity index (χ4v) is 1.70. The predicted octanol–water partition coefficient (Wildman–Crippen LogP) is 0.927. The molecule has 0 heterocycles. The van der Waals surface area contributed by atoms with Crippen LogP contribution in [0.5, 0.6) is 0 Å². The monoisotopic (exact) mass is 236 g/mol. The third-order valence-electron chi connectivity index (χ3n) is 2.54. The average Bonchev–Trinajstić information content (AvgIpc) is 2.28. The van der Waals surface area contributed by atoms with E-state index < -0.39 is 6.04 Å². The van der Waals surface area contributed by atoms with E-state index in [1.165, 1.54) is 12.7 Å². The van der Waals surface area contributed by atoms with Gasteiger partial charge < -0.3 is 15.4 Å².